The van der Waals surface area contributed by atoms with Gasteiger partial charge < -0.3 is 10.1 Å². The van der Waals surface area contributed by atoms with Gasteiger partial charge in [-0.3, -0.25) is 4.79 Å². The van der Waals surface area contributed by atoms with Crippen LogP contribution in [0.25, 0.3) is 0 Å². The highest BCUT2D eigenvalue weighted by atomic mass is 35.5. The summed E-state index contributed by atoms with van der Waals surface area (Å²) >= 11 is 6.37. The smallest absolute Gasteiger partial charge is 0.406 e. The fraction of sp³-hybridized carbons (Fsp3) is 0.174. The molecular formula is C23H17ClF3N3O2. The zero-order chi connectivity index (χ0) is 22.9. The van der Waals surface area contributed by atoms with Gasteiger partial charge in [-0.2, -0.15) is 0 Å². The number of rotatable bonds is 5. The van der Waals surface area contributed by atoms with E-state index in [1.807, 2.05) is 13.0 Å². The lowest BCUT2D eigenvalue weighted by Gasteiger charge is -2.11. The van der Waals surface area contributed by atoms with E-state index in [-0.39, 0.29) is 18.1 Å². The van der Waals surface area contributed by atoms with Crippen LogP contribution in [0.2, 0.25) is 5.02 Å². The fourth-order valence-corrected chi connectivity index (χ4v) is 3.61. The van der Waals surface area contributed by atoms with Gasteiger partial charge >= 0.3 is 6.36 Å². The Labute approximate surface area is 186 Å². The molecule has 9 heteroatoms. The maximum atomic E-state index is 12.4. The summed E-state index contributed by atoms with van der Waals surface area (Å²) in [5.74, 6) is -0.00206. The number of nitrogens with zero attached hydrogens (tertiary/aromatic N) is 2. The van der Waals surface area contributed by atoms with Gasteiger partial charge in [-0.05, 0) is 48.4 Å². The number of carbonyl (C=O) groups excluding carboxylic acids is 1. The molecule has 3 aromatic rings. The number of nitrogens with one attached hydrogen (secondary N) is 1. The van der Waals surface area contributed by atoms with Crippen LogP contribution in [0.3, 0.4) is 0 Å². The van der Waals surface area contributed by atoms with Crippen LogP contribution in [0.15, 0.2) is 59.7 Å². The van der Waals surface area contributed by atoms with Crippen molar-refractivity contribution in [2.24, 2.45) is 4.99 Å². The molecular weight excluding hydrogens is 443 g/mol. The predicted molar refractivity (Wildman–Crippen MR) is 116 cm³/mol. The first-order valence-electron chi connectivity index (χ1n) is 9.64. The number of fused-ring (bicyclic) bond motifs is 1. The average Bonchev–Trinajstić information content (AvgIpc) is 3.12. The van der Waals surface area contributed by atoms with Crippen molar-refractivity contribution in [3.8, 4) is 5.75 Å². The molecule has 2 aromatic carbocycles. The van der Waals surface area contributed by atoms with E-state index in [0.29, 0.717) is 34.1 Å². The van der Waals surface area contributed by atoms with Crippen molar-refractivity contribution in [2.45, 2.75) is 26.1 Å². The minimum absolute atomic E-state index is 0.0140. The topological polar surface area (TPSA) is 63.6 Å². The third-order valence-corrected chi connectivity index (χ3v) is 5.09. The standard InChI is InChI=1S/C23H17ClF3N3O2/c1-13-8-15-10-20(30-22(15)28-12-13)18-11-16(4-7-19(18)24)29-21(31)9-14-2-5-17(6-3-14)32-23(25,26)27/h2-8,11-12H,9-10H2,1H3,(H,29,31). The first-order chi connectivity index (χ1) is 15.2. The Kier molecular flexibility index (Phi) is 5.88. The van der Waals surface area contributed by atoms with Crippen molar-refractivity contribution < 1.29 is 22.7 Å². The number of aliphatic imine (C=N–C) groups is 1. The number of aromatic nitrogens is 1. The lowest BCUT2D eigenvalue weighted by molar-refractivity contribution is -0.274. The van der Waals surface area contributed by atoms with E-state index in [1.165, 1.54) is 24.3 Å². The molecule has 0 radical (unpaired) electrons. The first kappa shape index (κ1) is 21.8. The number of benzene rings is 2. The van der Waals surface area contributed by atoms with Gasteiger partial charge in [0.2, 0.25) is 5.91 Å². The molecule has 1 amide bonds. The highest BCUT2D eigenvalue weighted by Gasteiger charge is 2.31. The number of alkyl halides is 3. The van der Waals surface area contributed by atoms with Crippen LogP contribution in [0.4, 0.5) is 24.7 Å². The van der Waals surface area contributed by atoms with Crippen LogP contribution in [-0.4, -0.2) is 23.0 Å². The Morgan fingerprint density at radius 3 is 2.62 bits per heavy atom. The molecule has 1 N–H and O–H groups in total. The van der Waals surface area contributed by atoms with Crippen LogP contribution in [0.1, 0.15) is 22.3 Å². The number of aryl methyl sites for hydroxylation is 1. The molecule has 0 saturated carbocycles. The molecule has 0 atom stereocenters. The monoisotopic (exact) mass is 459 g/mol. The van der Waals surface area contributed by atoms with Crippen LogP contribution < -0.4 is 10.1 Å². The molecule has 4 rings (SSSR count). The molecule has 1 aliphatic heterocycles. The Balaban J connectivity index is 1.44. The van der Waals surface area contributed by atoms with E-state index < -0.39 is 6.36 Å². The van der Waals surface area contributed by atoms with Crippen LogP contribution >= 0.6 is 11.6 Å². The SMILES string of the molecule is Cc1cnc2c(c1)CC(c1cc(NC(=O)Cc3ccc(OC(F)(F)F)cc3)ccc1Cl)=N2. The number of anilines is 1. The van der Waals surface area contributed by atoms with Gasteiger partial charge in [0.05, 0.1) is 12.1 Å². The second kappa shape index (κ2) is 8.63. The Hall–Kier alpha value is -3.39. The quantitative estimate of drug-likeness (QED) is 0.524. The largest absolute Gasteiger partial charge is 0.573 e. The highest BCUT2D eigenvalue weighted by molar-refractivity contribution is 6.34. The van der Waals surface area contributed by atoms with Crippen molar-refractivity contribution in [3.05, 3.63) is 82.0 Å². The summed E-state index contributed by atoms with van der Waals surface area (Å²) in [6, 6.07) is 12.3. The molecule has 2 heterocycles. The van der Waals surface area contributed by atoms with E-state index in [2.05, 4.69) is 20.0 Å². The molecule has 0 unspecified atom stereocenters. The summed E-state index contributed by atoms with van der Waals surface area (Å²) < 4.78 is 40.6. The second-order valence-corrected chi connectivity index (χ2v) is 7.75. The number of halogens is 4. The molecule has 0 fully saturated rings. The third-order valence-electron chi connectivity index (χ3n) is 4.76. The van der Waals surface area contributed by atoms with Crippen molar-refractivity contribution >= 4 is 34.7 Å². The number of amides is 1. The van der Waals surface area contributed by atoms with Crippen molar-refractivity contribution in [1.82, 2.24) is 4.98 Å². The summed E-state index contributed by atoms with van der Waals surface area (Å²) in [7, 11) is 0. The van der Waals surface area contributed by atoms with Gasteiger partial charge in [-0.1, -0.05) is 29.8 Å². The van der Waals surface area contributed by atoms with E-state index in [0.717, 1.165) is 16.8 Å². The van der Waals surface area contributed by atoms with Gasteiger partial charge in [0.15, 0.2) is 5.82 Å². The molecule has 1 aliphatic rings. The summed E-state index contributed by atoms with van der Waals surface area (Å²) in [4.78, 5) is 21.3. The summed E-state index contributed by atoms with van der Waals surface area (Å²) in [6.07, 6.45) is -2.43. The minimum Gasteiger partial charge on any atom is -0.406 e. The lowest BCUT2D eigenvalue weighted by atomic mass is 10.0. The number of carbonyl (C=O) groups is 1. The van der Waals surface area contributed by atoms with Gasteiger partial charge in [0.25, 0.3) is 0 Å². The number of pyridine rings is 1. The van der Waals surface area contributed by atoms with Crippen molar-refractivity contribution in [3.63, 3.8) is 0 Å². The summed E-state index contributed by atoms with van der Waals surface area (Å²) in [5.41, 5.74) is 4.61. The Bertz CT molecular complexity index is 1210. The lowest BCUT2D eigenvalue weighted by Crippen LogP contribution is -2.17. The zero-order valence-electron chi connectivity index (χ0n) is 16.8. The van der Waals surface area contributed by atoms with Gasteiger partial charge in [0.1, 0.15) is 5.75 Å². The zero-order valence-corrected chi connectivity index (χ0v) is 17.6. The summed E-state index contributed by atoms with van der Waals surface area (Å²) in [5, 5.41) is 3.29. The molecule has 0 bridgehead atoms. The molecule has 32 heavy (non-hydrogen) atoms. The summed E-state index contributed by atoms with van der Waals surface area (Å²) in [6.45, 7) is 1.96. The van der Waals surface area contributed by atoms with Crippen LogP contribution in [0, 0.1) is 6.92 Å². The number of hydrogen-bond donors (Lipinski definition) is 1. The van der Waals surface area contributed by atoms with Crippen LogP contribution in [0.5, 0.6) is 5.75 Å². The molecule has 0 aliphatic carbocycles. The van der Waals surface area contributed by atoms with Gasteiger partial charge in [-0.25, -0.2) is 9.98 Å². The Morgan fingerprint density at radius 1 is 1.16 bits per heavy atom. The third kappa shape index (κ3) is 5.26. The highest BCUT2D eigenvalue weighted by Crippen LogP contribution is 2.31. The first-order valence-corrected chi connectivity index (χ1v) is 10.0. The van der Waals surface area contributed by atoms with E-state index in [4.69, 9.17) is 11.6 Å². The van der Waals surface area contributed by atoms with Crippen LogP contribution in [-0.2, 0) is 17.6 Å². The maximum absolute atomic E-state index is 12.4. The van der Waals surface area contributed by atoms with Crippen molar-refractivity contribution in [2.75, 3.05) is 5.32 Å². The molecule has 164 valence electrons. The number of hydrogen-bond acceptors (Lipinski definition) is 4. The normalized spacial score (nSPS) is 12.8. The van der Waals surface area contributed by atoms with Gasteiger partial charge in [-0.15, -0.1) is 13.2 Å². The van der Waals surface area contributed by atoms with E-state index >= 15 is 0 Å². The predicted octanol–water partition coefficient (Wildman–Crippen LogP) is 5.80. The average molecular weight is 460 g/mol. The van der Waals surface area contributed by atoms with Crippen molar-refractivity contribution in [1.29, 1.82) is 0 Å². The minimum atomic E-state index is -4.76. The molecule has 0 spiro atoms. The Morgan fingerprint density at radius 2 is 1.91 bits per heavy atom. The fourth-order valence-electron chi connectivity index (χ4n) is 3.38. The maximum Gasteiger partial charge on any atom is 0.573 e. The second-order valence-electron chi connectivity index (χ2n) is 7.34. The molecule has 1 aromatic heterocycles. The van der Waals surface area contributed by atoms with E-state index in [1.54, 1.807) is 24.4 Å². The van der Waals surface area contributed by atoms with E-state index in [9.17, 15) is 18.0 Å². The molecule has 5 nitrogen and oxygen atoms in total. The molecule has 0 saturated heterocycles. The van der Waals surface area contributed by atoms with Gasteiger partial charge in [0, 0.05) is 34.5 Å². The number of ether oxygens (including phenoxy) is 1.